The zero-order valence-electron chi connectivity index (χ0n) is 9.32. The summed E-state index contributed by atoms with van der Waals surface area (Å²) in [7, 11) is 1.41. The minimum absolute atomic E-state index is 0.0635. The maximum atomic E-state index is 13.3. The van der Waals surface area contributed by atoms with Crippen LogP contribution in [-0.2, 0) is 6.42 Å². The Kier molecular flexibility index (Phi) is 5.22. The van der Waals surface area contributed by atoms with Gasteiger partial charge in [0, 0.05) is 6.61 Å². The first kappa shape index (κ1) is 12.9. The van der Waals surface area contributed by atoms with Crippen molar-refractivity contribution in [1.82, 2.24) is 0 Å². The van der Waals surface area contributed by atoms with E-state index in [0.29, 0.717) is 19.3 Å². The molecule has 1 rings (SSSR count). The smallest absolute Gasteiger partial charge is 0.165 e. The molecule has 0 spiro atoms. The molecule has 16 heavy (non-hydrogen) atoms. The molecule has 0 radical (unpaired) electrons. The van der Waals surface area contributed by atoms with E-state index in [1.165, 1.54) is 13.2 Å². The van der Waals surface area contributed by atoms with Crippen molar-refractivity contribution in [2.45, 2.75) is 25.4 Å². The van der Waals surface area contributed by atoms with Gasteiger partial charge < -0.3 is 14.9 Å². The van der Waals surface area contributed by atoms with Crippen LogP contribution in [0.5, 0.6) is 5.75 Å². The summed E-state index contributed by atoms with van der Waals surface area (Å²) in [6.07, 6.45) is 0.921. The van der Waals surface area contributed by atoms with Crippen LogP contribution in [0.4, 0.5) is 4.39 Å². The van der Waals surface area contributed by atoms with E-state index >= 15 is 0 Å². The van der Waals surface area contributed by atoms with E-state index in [9.17, 15) is 9.50 Å². The fourth-order valence-electron chi connectivity index (χ4n) is 1.54. The first-order valence-corrected chi connectivity index (χ1v) is 5.28. The molecule has 0 saturated heterocycles. The number of rotatable bonds is 6. The zero-order valence-corrected chi connectivity index (χ0v) is 9.32. The van der Waals surface area contributed by atoms with Crippen LogP contribution in [0.15, 0.2) is 18.2 Å². The van der Waals surface area contributed by atoms with Crippen molar-refractivity contribution in [2.24, 2.45) is 0 Å². The molecule has 0 bridgehead atoms. The SMILES string of the molecule is COc1ccc(CC(O)CCCO)cc1F. The molecule has 0 aliphatic heterocycles. The van der Waals surface area contributed by atoms with Gasteiger partial charge in [-0.05, 0) is 37.0 Å². The second-order valence-corrected chi connectivity index (χ2v) is 3.69. The average molecular weight is 228 g/mol. The van der Waals surface area contributed by atoms with Gasteiger partial charge in [-0.2, -0.15) is 0 Å². The van der Waals surface area contributed by atoms with Gasteiger partial charge in [0.25, 0.3) is 0 Å². The van der Waals surface area contributed by atoms with Gasteiger partial charge in [0.1, 0.15) is 0 Å². The number of methoxy groups -OCH3 is 1. The molecule has 0 aliphatic carbocycles. The molecule has 2 N–H and O–H groups in total. The zero-order chi connectivity index (χ0) is 12.0. The molecule has 0 aromatic heterocycles. The van der Waals surface area contributed by atoms with Crippen LogP contribution in [0.3, 0.4) is 0 Å². The molecule has 0 amide bonds. The Morgan fingerprint density at radius 1 is 1.44 bits per heavy atom. The lowest BCUT2D eigenvalue weighted by Gasteiger charge is -2.10. The minimum Gasteiger partial charge on any atom is -0.494 e. The lowest BCUT2D eigenvalue weighted by atomic mass is 10.0. The first-order chi connectivity index (χ1) is 7.67. The number of benzene rings is 1. The minimum atomic E-state index is -0.542. The number of hydrogen-bond donors (Lipinski definition) is 2. The Morgan fingerprint density at radius 3 is 2.75 bits per heavy atom. The van der Waals surface area contributed by atoms with Crippen molar-refractivity contribution in [1.29, 1.82) is 0 Å². The molecule has 0 saturated carbocycles. The highest BCUT2D eigenvalue weighted by Crippen LogP contribution is 2.19. The monoisotopic (exact) mass is 228 g/mol. The topological polar surface area (TPSA) is 49.7 Å². The van der Waals surface area contributed by atoms with E-state index < -0.39 is 11.9 Å². The quantitative estimate of drug-likeness (QED) is 0.776. The van der Waals surface area contributed by atoms with Crippen molar-refractivity contribution < 1.29 is 19.3 Å². The van der Waals surface area contributed by atoms with Gasteiger partial charge in [0.15, 0.2) is 11.6 Å². The Hall–Kier alpha value is -1.13. The second kappa shape index (κ2) is 6.45. The summed E-state index contributed by atoms with van der Waals surface area (Å²) in [4.78, 5) is 0. The van der Waals surface area contributed by atoms with E-state index in [2.05, 4.69) is 0 Å². The normalized spacial score (nSPS) is 12.5. The highest BCUT2D eigenvalue weighted by Gasteiger charge is 2.08. The van der Waals surface area contributed by atoms with Crippen LogP contribution in [0.2, 0.25) is 0 Å². The molecule has 1 aromatic carbocycles. The summed E-state index contributed by atoms with van der Waals surface area (Å²) in [6.45, 7) is 0.0635. The van der Waals surface area contributed by atoms with Crippen molar-refractivity contribution in [3.63, 3.8) is 0 Å². The Labute approximate surface area is 94.5 Å². The van der Waals surface area contributed by atoms with Gasteiger partial charge in [-0.1, -0.05) is 6.07 Å². The van der Waals surface area contributed by atoms with Gasteiger partial charge in [-0.3, -0.25) is 0 Å². The molecule has 1 atom stereocenters. The lowest BCUT2D eigenvalue weighted by molar-refractivity contribution is 0.150. The van der Waals surface area contributed by atoms with Gasteiger partial charge in [0.2, 0.25) is 0 Å². The third-order valence-electron chi connectivity index (χ3n) is 2.38. The third kappa shape index (κ3) is 3.79. The van der Waals surface area contributed by atoms with Crippen LogP contribution >= 0.6 is 0 Å². The maximum Gasteiger partial charge on any atom is 0.165 e. The standard InChI is InChI=1S/C12H17FO3/c1-16-12-5-4-9(8-11(12)13)7-10(15)3-2-6-14/h4-5,8,10,14-15H,2-3,6-7H2,1H3. The number of aliphatic hydroxyl groups is 2. The summed E-state index contributed by atoms with van der Waals surface area (Å²) in [5.74, 6) is -0.219. The largest absolute Gasteiger partial charge is 0.494 e. The first-order valence-electron chi connectivity index (χ1n) is 5.28. The average Bonchev–Trinajstić information content (AvgIpc) is 2.26. The fraction of sp³-hybridized carbons (Fsp3) is 0.500. The Bertz CT molecular complexity index is 328. The highest BCUT2D eigenvalue weighted by molar-refractivity contribution is 5.29. The van der Waals surface area contributed by atoms with Crippen LogP contribution < -0.4 is 4.74 Å². The number of halogens is 1. The van der Waals surface area contributed by atoms with E-state index in [4.69, 9.17) is 9.84 Å². The molecule has 90 valence electrons. The van der Waals surface area contributed by atoms with Gasteiger partial charge in [-0.15, -0.1) is 0 Å². The van der Waals surface area contributed by atoms with Crippen molar-refractivity contribution >= 4 is 0 Å². The van der Waals surface area contributed by atoms with Gasteiger partial charge in [-0.25, -0.2) is 4.39 Å². The summed E-state index contributed by atoms with van der Waals surface area (Å²) >= 11 is 0. The van der Waals surface area contributed by atoms with Crippen LogP contribution in [0.25, 0.3) is 0 Å². The Morgan fingerprint density at radius 2 is 2.19 bits per heavy atom. The van der Waals surface area contributed by atoms with Crippen LogP contribution in [0.1, 0.15) is 18.4 Å². The molecule has 1 unspecified atom stereocenters. The van der Waals surface area contributed by atoms with Gasteiger partial charge >= 0.3 is 0 Å². The highest BCUT2D eigenvalue weighted by atomic mass is 19.1. The molecular weight excluding hydrogens is 211 g/mol. The predicted octanol–water partition coefficient (Wildman–Crippen LogP) is 1.51. The summed E-state index contributed by atoms with van der Waals surface area (Å²) < 4.78 is 18.1. The second-order valence-electron chi connectivity index (χ2n) is 3.69. The molecule has 0 aliphatic rings. The summed E-state index contributed by atoms with van der Waals surface area (Å²) in [5.41, 5.74) is 0.726. The molecule has 0 fully saturated rings. The summed E-state index contributed by atoms with van der Waals surface area (Å²) in [5, 5.41) is 18.2. The maximum absolute atomic E-state index is 13.3. The molecule has 4 heteroatoms. The van der Waals surface area contributed by atoms with E-state index in [0.717, 1.165) is 5.56 Å². The molecule has 3 nitrogen and oxygen atoms in total. The number of aliphatic hydroxyl groups excluding tert-OH is 2. The molecule has 0 heterocycles. The van der Waals surface area contributed by atoms with E-state index in [1.54, 1.807) is 12.1 Å². The van der Waals surface area contributed by atoms with Crippen LogP contribution in [0, 0.1) is 5.82 Å². The van der Waals surface area contributed by atoms with Crippen molar-refractivity contribution in [3.8, 4) is 5.75 Å². The van der Waals surface area contributed by atoms with E-state index in [1.807, 2.05) is 0 Å². The summed E-state index contributed by atoms with van der Waals surface area (Å²) in [6, 6.07) is 4.63. The lowest BCUT2D eigenvalue weighted by Crippen LogP contribution is -2.11. The van der Waals surface area contributed by atoms with Crippen molar-refractivity contribution in [2.75, 3.05) is 13.7 Å². The predicted molar refractivity (Wildman–Crippen MR) is 59.0 cm³/mol. The van der Waals surface area contributed by atoms with Gasteiger partial charge in [0.05, 0.1) is 13.2 Å². The Balaban J connectivity index is 2.57. The number of ether oxygens (including phenoxy) is 1. The number of hydrogen-bond acceptors (Lipinski definition) is 3. The fourth-order valence-corrected chi connectivity index (χ4v) is 1.54. The van der Waals surface area contributed by atoms with E-state index in [-0.39, 0.29) is 12.4 Å². The molecular formula is C12H17FO3. The van der Waals surface area contributed by atoms with Crippen molar-refractivity contribution in [3.05, 3.63) is 29.6 Å². The molecule has 1 aromatic rings. The van der Waals surface area contributed by atoms with Crippen LogP contribution in [-0.4, -0.2) is 30.0 Å². The third-order valence-corrected chi connectivity index (χ3v) is 2.38.